The second-order valence-corrected chi connectivity index (χ2v) is 4.62. The topological polar surface area (TPSA) is 64.4 Å². The highest BCUT2D eigenvalue weighted by molar-refractivity contribution is 5.39. The Balaban J connectivity index is 2.22. The van der Waals surface area contributed by atoms with Crippen molar-refractivity contribution in [3.63, 3.8) is 0 Å². The maximum absolute atomic E-state index is 13.7. The first-order chi connectivity index (χ1) is 8.99. The van der Waals surface area contributed by atoms with E-state index in [2.05, 4.69) is 5.32 Å². The Hall–Kier alpha value is -1.76. The number of nitro benzene ring substituents is 1. The van der Waals surface area contributed by atoms with E-state index in [-0.39, 0.29) is 12.0 Å². The minimum atomic E-state index is -1.05. The van der Waals surface area contributed by atoms with Crippen LogP contribution in [0.15, 0.2) is 12.1 Å². The first kappa shape index (κ1) is 13.7. The first-order valence-electron chi connectivity index (χ1n) is 6.00. The van der Waals surface area contributed by atoms with Crippen molar-refractivity contribution >= 4 is 5.69 Å². The SMILES string of the molecule is CC1CCNCC1Oc1c(F)cc([N+](=O)[O-])cc1F. The average Bonchev–Trinajstić information content (AvgIpc) is 2.35. The van der Waals surface area contributed by atoms with Gasteiger partial charge in [-0.1, -0.05) is 6.92 Å². The Morgan fingerprint density at radius 1 is 1.42 bits per heavy atom. The number of benzene rings is 1. The van der Waals surface area contributed by atoms with Crippen LogP contribution in [0.2, 0.25) is 0 Å². The number of non-ortho nitro benzene ring substituents is 1. The van der Waals surface area contributed by atoms with Crippen molar-refractivity contribution in [2.45, 2.75) is 19.4 Å². The molecule has 0 amide bonds. The largest absolute Gasteiger partial charge is 0.483 e. The molecule has 1 aromatic rings. The van der Waals surface area contributed by atoms with E-state index in [1.165, 1.54) is 0 Å². The Morgan fingerprint density at radius 2 is 2.05 bits per heavy atom. The van der Waals surface area contributed by atoms with Crippen LogP contribution in [0.3, 0.4) is 0 Å². The Labute approximate surface area is 108 Å². The third-order valence-electron chi connectivity index (χ3n) is 3.22. The van der Waals surface area contributed by atoms with E-state index in [1.54, 1.807) is 0 Å². The average molecular weight is 272 g/mol. The van der Waals surface area contributed by atoms with Gasteiger partial charge < -0.3 is 10.1 Å². The van der Waals surface area contributed by atoms with E-state index in [9.17, 15) is 18.9 Å². The zero-order chi connectivity index (χ0) is 14.0. The number of nitrogens with zero attached hydrogens (tertiary/aromatic N) is 1. The molecule has 7 heteroatoms. The van der Waals surface area contributed by atoms with Gasteiger partial charge in [0.05, 0.1) is 17.1 Å². The molecular formula is C12H14F2N2O3. The molecule has 0 aromatic heterocycles. The molecule has 5 nitrogen and oxygen atoms in total. The second kappa shape index (κ2) is 5.48. The van der Waals surface area contributed by atoms with Crippen molar-refractivity contribution in [2.75, 3.05) is 13.1 Å². The van der Waals surface area contributed by atoms with E-state index < -0.39 is 28.0 Å². The molecule has 2 unspecified atom stereocenters. The van der Waals surface area contributed by atoms with E-state index in [4.69, 9.17) is 4.74 Å². The van der Waals surface area contributed by atoms with Crippen molar-refractivity contribution in [3.05, 3.63) is 33.9 Å². The van der Waals surface area contributed by atoms with Gasteiger partial charge >= 0.3 is 0 Å². The Kier molecular flexibility index (Phi) is 3.94. The van der Waals surface area contributed by atoms with E-state index >= 15 is 0 Å². The van der Waals surface area contributed by atoms with Gasteiger partial charge in [0.1, 0.15) is 6.10 Å². The molecular weight excluding hydrogens is 258 g/mol. The lowest BCUT2D eigenvalue weighted by Crippen LogP contribution is -2.43. The van der Waals surface area contributed by atoms with Crippen LogP contribution in [-0.2, 0) is 0 Å². The van der Waals surface area contributed by atoms with Crippen molar-refractivity contribution < 1.29 is 18.4 Å². The summed E-state index contributed by atoms with van der Waals surface area (Å²) in [5.41, 5.74) is -0.628. The number of nitrogens with one attached hydrogen (secondary N) is 1. The summed E-state index contributed by atoms with van der Waals surface area (Å²) in [6.07, 6.45) is 0.500. The van der Waals surface area contributed by atoms with E-state index in [0.717, 1.165) is 13.0 Å². The Morgan fingerprint density at radius 3 is 2.58 bits per heavy atom. The van der Waals surface area contributed by atoms with Gasteiger partial charge in [0.25, 0.3) is 5.69 Å². The van der Waals surface area contributed by atoms with Gasteiger partial charge in [0, 0.05) is 6.54 Å². The van der Waals surface area contributed by atoms with Gasteiger partial charge in [-0.2, -0.15) is 0 Å². The maximum atomic E-state index is 13.7. The van der Waals surface area contributed by atoms with Gasteiger partial charge in [-0.15, -0.1) is 0 Å². The highest BCUT2D eigenvalue weighted by atomic mass is 19.1. The molecule has 2 rings (SSSR count). The number of hydrogen-bond donors (Lipinski definition) is 1. The molecule has 1 N–H and O–H groups in total. The molecule has 0 aliphatic carbocycles. The molecule has 1 saturated heterocycles. The molecule has 0 radical (unpaired) electrons. The van der Waals surface area contributed by atoms with Gasteiger partial charge in [0.15, 0.2) is 17.4 Å². The summed E-state index contributed by atoms with van der Waals surface area (Å²) in [4.78, 5) is 9.63. The lowest BCUT2D eigenvalue weighted by Gasteiger charge is -2.30. The molecule has 1 heterocycles. The van der Waals surface area contributed by atoms with Crippen LogP contribution in [0.1, 0.15) is 13.3 Å². The summed E-state index contributed by atoms with van der Waals surface area (Å²) in [6, 6.07) is 1.33. The zero-order valence-electron chi connectivity index (χ0n) is 10.4. The summed E-state index contributed by atoms with van der Waals surface area (Å²) in [5, 5.41) is 13.6. The molecule has 0 bridgehead atoms. The third-order valence-corrected chi connectivity index (χ3v) is 3.22. The minimum Gasteiger partial charge on any atom is -0.483 e. The number of piperidine rings is 1. The van der Waals surface area contributed by atoms with Gasteiger partial charge in [-0.25, -0.2) is 8.78 Å². The number of hydrogen-bond acceptors (Lipinski definition) is 4. The predicted octanol–water partition coefficient (Wildman–Crippen LogP) is 2.25. The molecule has 1 fully saturated rings. The molecule has 1 aromatic carbocycles. The lowest BCUT2D eigenvalue weighted by atomic mass is 9.97. The van der Waals surface area contributed by atoms with Crippen molar-refractivity contribution in [1.82, 2.24) is 5.32 Å². The van der Waals surface area contributed by atoms with Gasteiger partial charge in [-0.05, 0) is 18.9 Å². The monoisotopic (exact) mass is 272 g/mol. The fraction of sp³-hybridized carbons (Fsp3) is 0.500. The highest BCUT2D eigenvalue weighted by Gasteiger charge is 2.26. The predicted molar refractivity (Wildman–Crippen MR) is 64.1 cm³/mol. The van der Waals surface area contributed by atoms with E-state index in [0.29, 0.717) is 18.7 Å². The fourth-order valence-electron chi connectivity index (χ4n) is 2.03. The summed E-state index contributed by atoms with van der Waals surface area (Å²) >= 11 is 0. The summed E-state index contributed by atoms with van der Waals surface area (Å²) in [5.74, 6) is -2.49. The summed E-state index contributed by atoms with van der Waals surface area (Å²) < 4.78 is 32.7. The molecule has 0 saturated carbocycles. The summed E-state index contributed by atoms with van der Waals surface area (Å²) in [6.45, 7) is 3.27. The standard InChI is InChI=1S/C12H14F2N2O3/c1-7-2-3-15-6-11(7)19-12-9(13)4-8(16(17)18)5-10(12)14/h4-5,7,11,15H,2-3,6H2,1H3. The summed E-state index contributed by atoms with van der Waals surface area (Å²) in [7, 11) is 0. The Bertz CT molecular complexity index is 473. The van der Waals surface area contributed by atoms with Crippen LogP contribution in [0.25, 0.3) is 0 Å². The second-order valence-electron chi connectivity index (χ2n) is 4.62. The minimum absolute atomic E-state index is 0.162. The molecule has 0 spiro atoms. The van der Waals surface area contributed by atoms with Crippen LogP contribution < -0.4 is 10.1 Å². The van der Waals surface area contributed by atoms with Crippen LogP contribution in [0.5, 0.6) is 5.75 Å². The van der Waals surface area contributed by atoms with Crippen molar-refractivity contribution in [2.24, 2.45) is 5.92 Å². The van der Waals surface area contributed by atoms with E-state index in [1.807, 2.05) is 6.92 Å². The van der Waals surface area contributed by atoms with Crippen molar-refractivity contribution in [1.29, 1.82) is 0 Å². The number of rotatable bonds is 3. The van der Waals surface area contributed by atoms with Gasteiger partial charge in [-0.3, -0.25) is 10.1 Å². The lowest BCUT2D eigenvalue weighted by molar-refractivity contribution is -0.385. The maximum Gasteiger partial charge on any atom is 0.275 e. The quantitative estimate of drug-likeness (QED) is 0.677. The van der Waals surface area contributed by atoms with Crippen LogP contribution in [0, 0.1) is 27.7 Å². The molecule has 1 aliphatic rings. The smallest absolute Gasteiger partial charge is 0.275 e. The molecule has 19 heavy (non-hydrogen) atoms. The molecule has 104 valence electrons. The third kappa shape index (κ3) is 2.98. The van der Waals surface area contributed by atoms with Crippen LogP contribution in [-0.4, -0.2) is 24.1 Å². The normalized spacial score (nSPS) is 23.1. The fourth-order valence-corrected chi connectivity index (χ4v) is 2.03. The van der Waals surface area contributed by atoms with Gasteiger partial charge in [0.2, 0.25) is 0 Å². The first-order valence-corrected chi connectivity index (χ1v) is 6.00. The van der Waals surface area contributed by atoms with Crippen LogP contribution in [0.4, 0.5) is 14.5 Å². The highest BCUT2D eigenvalue weighted by Crippen LogP contribution is 2.29. The van der Waals surface area contributed by atoms with Crippen molar-refractivity contribution in [3.8, 4) is 5.75 Å². The number of halogens is 2. The zero-order valence-corrected chi connectivity index (χ0v) is 10.4. The number of nitro groups is 1. The molecule has 2 atom stereocenters. The molecule has 1 aliphatic heterocycles. The van der Waals surface area contributed by atoms with Crippen LogP contribution >= 0.6 is 0 Å². The number of ether oxygens (including phenoxy) is 1.